The van der Waals surface area contributed by atoms with Crippen molar-refractivity contribution in [2.24, 2.45) is 0 Å². The maximum Gasteiger partial charge on any atom is 0.496 e. The van der Waals surface area contributed by atoms with Crippen molar-refractivity contribution in [1.82, 2.24) is 4.98 Å². The van der Waals surface area contributed by atoms with Gasteiger partial charge in [-0.3, -0.25) is 0 Å². The van der Waals surface area contributed by atoms with Gasteiger partial charge in [0.1, 0.15) is 5.82 Å². The Balaban J connectivity index is 1.50. The van der Waals surface area contributed by atoms with E-state index < -0.39 is 0 Å². The van der Waals surface area contributed by atoms with E-state index in [2.05, 4.69) is 61.2 Å². The third-order valence-corrected chi connectivity index (χ3v) is 6.45. The molecule has 0 amide bonds. The van der Waals surface area contributed by atoms with Crippen LogP contribution in [-0.4, -0.2) is 29.8 Å². The van der Waals surface area contributed by atoms with Crippen LogP contribution in [0.25, 0.3) is 0 Å². The van der Waals surface area contributed by atoms with Crippen LogP contribution in [0.2, 0.25) is 0 Å². The lowest BCUT2D eigenvalue weighted by molar-refractivity contribution is 0.00578. The lowest BCUT2D eigenvalue weighted by Crippen LogP contribution is -2.41. The van der Waals surface area contributed by atoms with E-state index >= 15 is 0 Å². The summed E-state index contributed by atoms with van der Waals surface area (Å²) in [5.74, 6) is 1.02. The minimum absolute atomic E-state index is 0.321. The molecule has 0 atom stereocenters. The van der Waals surface area contributed by atoms with Crippen molar-refractivity contribution in [1.29, 1.82) is 0 Å². The van der Waals surface area contributed by atoms with E-state index in [4.69, 9.17) is 9.31 Å². The SMILES string of the molecule is CC1(C)OB(c2ccc(N3CCc4sccc4C3)nc2)OC1(C)C. The summed E-state index contributed by atoms with van der Waals surface area (Å²) < 4.78 is 12.2. The van der Waals surface area contributed by atoms with Gasteiger partial charge in [-0.1, -0.05) is 6.07 Å². The molecule has 6 heteroatoms. The summed E-state index contributed by atoms with van der Waals surface area (Å²) in [6.07, 6.45) is 2.99. The Morgan fingerprint density at radius 2 is 1.88 bits per heavy atom. The van der Waals surface area contributed by atoms with Crippen LogP contribution in [0, 0.1) is 0 Å². The fourth-order valence-corrected chi connectivity index (χ4v) is 4.04. The zero-order chi connectivity index (χ0) is 16.9. The van der Waals surface area contributed by atoms with Crippen molar-refractivity contribution in [2.75, 3.05) is 11.4 Å². The molecular formula is C18H23BN2O2S. The minimum Gasteiger partial charge on any atom is -0.399 e. The summed E-state index contributed by atoms with van der Waals surface area (Å²) >= 11 is 1.86. The molecule has 4 heterocycles. The van der Waals surface area contributed by atoms with Gasteiger partial charge in [0.2, 0.25) is 0 Å². The number of fused-ring (bicyclic) bond motifs is 1. The smallest absolute Gasteiger partial charge is 0.399 e. The predicted octanol–water partition coefficient (Wildman–Crippen LogP) is 3.01. The second-order valence-electron chi connectivity index (χ2n) is 7.58. The number of nitrogens with zero attached hydrogens (tertiary/aromatic N) is 2. The summed E-state index contributed by atoms with van der Waals surface area (Å²) in [6.45, 7) is 10.3. The molecule has 4 nitrogen and oxygen atoms in total. The number of hydrogen-bond acceptors (Lipinski definition) is 5. The van der Waals surface area contributed by atoms with E-state index in [0.717, 1.165) is 30.8 Å². The fourth-order valence-electron chi connectivity index (χ4n) is 3.15. The molecule has 2 aromatic heterocycles. The summed E-state index contributed by atoms with van der Waals surface area (Å²) in [4.78, 5) is 8.52. The third kappa shape index (κ3) is 2.67. The van der Waals surface area contributed by atoms with Gasteiger partial charge >= 0.3 is 7.12 Å². The average Bonchev–Trinajstić information content (AvgIpc) is 3.09. The van der Waals surface area contributed by atoms with Crippen molar-refractivity contribution in [3.8, 4) is 0 Å². The Bertz CT molecular complexity index is 726. The fraction of sp³-hybridized carbons (Fsp3) is 0.500. The molecule has 0 spiro atoms. The third-order valence-electron chi connectivity index (χ3n) is 5.43. The molecule has 2 aliphatic rings. The van der Waals surface area contributed by atoms with Crippen molar-refractivity contribution in [3.05, 3.63) is 40.2 Å². The molecule has 0 saturated carbocycles. The highest BCUT2D eigenvalue weighted by Gasteiger charge is 2.51. The highest BCUT2D eigenvalue weighted by molar-refractivity contribution is 7.10. The highest BCUT2D eigenvalue weighted by Crippen LogP contribution is 2.36. The van der Waals surface area contributed by atoms with Gasteiger partial charge in [0.15, 0.2) is 0 Å². The van der Waals surface area contributed by atoms with Crippen LogP contribution in [0.5, 0.6) is 0 Å². The molecule has 126 valence electrons. The largest absolute Gasteiger partial charge is 0.496 e. The second-order valence-corrected chi connectivity index (χ2v) is 8.58. The molecule has 0 N–H and O–H groups in total. The first-order valence-corrected chi connectivity index (χ1v) is 9.35. The van der Waals surface area contributed by atoms with Crippen molar-refractivity contribution < 1.29 is 9.31 Å². The summed E-state index contributed by atoms with van der Waals surface area (Å²) in [6, 6.07) is 6.39. The van der Waals surface area contributed by atoms with Gasteiger partial charge in [-0.25, -0.2) is 4.98 Å². The summed E-state index contributed by atoms with van der Waals surface area (Å²) in [5.41, 5.74) is 1.77. The van der Waals surface area contributed by atoms with E-state index in [1.54, 1.807) is 0 Å². The van der Waals surface area contributed by atoms with Gasteiger partial charge in [-0.2, -0.15) is 0 Å². The van der Waals surface area contributed by atoms with Crippen LogP contribution in [-0.2, 0) is 22.3 Å². The number of anilines is 1. The van der Waals surface area contributed by atoms with Crippen LogP contribution in [0.3, 0.4) is 0 Å². The normalized spacial score (nSPS) is 21.8. The van der Waals surface area contributed by atoms with Crippen molar-refractivity contribution in [3.63, 3.8) is 0 Å². The van der Waals surface area contributed by atoms with E-state index in [1.807, 2.05) is 17.5 Å². The van der Waals surface area contributed by atoms with Gasteiger partial charge in [0, 0.05) is 29.6 Å². The molecule has 1 saturated heterocycles. The van der Waals surface area contributed by atoms with Crippen LogP contribution < -0.4 is 10.4 Å². The Labute approximate surface area is 148 Å². The number of rotatable bonds is 2. The zero-order valence-corrected chi connectivity index (χ0v) is 15.5. The van der Waals surface area contributed by atoms with E-state index in [-0.39, 0.29) is 18.3 Å². The maximum atomic E-state index is 6.10. The average molecular weight is 342 g/mol. The van der Waals surface area contributed by atoms with Crippen molar-refractivity contribution >= 4 is 29.7 Å². The molecule has 0 aliphatic carbocycles. The lowest BCUT2D eigenvalue weighted by Gasteiger charge is -2.32. The molecule has 0 unspecified atom stereocenters. The monoisotopic (exact) mass is 342 g/mol. The first kappa shape index (κ1) is 16.1. The van der Waals surface area contributed by atoms with Crippen molar-refractivity contribution in [2.45, 2.75) is 51.9 Å². The van der Waals surface area contributed by atoms with Gasteiger partial charge in [0.25, 0.3) is 0 Å². The molecule has 0 bridgehead atoms. The van der Waals surface area contributed by atoms with Crippen LogP contribution >= 0.6 is 11.3 Å². The number of hydrogen-bond donors (Lipinski definition) is 0. The van der Waals surface area contributed by atoms with Gasteiger partial charge in [-0.05, 0) is 57.2 Å². The Morgan fingerprint density at radius 3 is 2.54 bits per heavy atom. The van der Waals surface area contributed by atoms with E-state index in [9.17, 15) is 0 Å². The van der Waals surface area contributed by atoms with Crippen LogP contribution in [0.15, 0.2) is 29.8 Å². The van der Waals surface area contributed by atoms with E-state index in [0.29, 0.717) is 0 Å². The minimum atomic E-state index is -0.346. The standard InChI is InChI=1S/C18H23BN2O2S/c1-17(2)18(3,4)23-19(22-17)14-5-6-16(20-11-14)21-9-7-15-13(12-21)8-10-24-15/h5-6,8,10-11H,7,9,12H2,1-4H3. The quantitative estimate of drug-likeness (QED) is 0.786. The molecule has 2 aliphatic heterocycles. The molecule has 1 fully saturated rings. The first-order chi connectivity index (χ1) is 11.4. The van der Waals surface area contributed by atoms with Gasteiger partial charge in [-0.15, -0.1) is 11.3 Å². The Morgan fingerprint density at radius 1 is 1.12 bits per heavy atom. The molecule has 2 aromatic rings. The van der Waals surface area contributed by atoms with Gasteiger partial charge < -0.3 is 14.2 Å². The topological polar surface area (TPSA) is 34.6 Å². The number of pyridine rings is 1. The predicted molar refractivity (Wildman–Crippen MR) is 99.0 cm³/mol. The number of thiophene rings is 1. The molecule has 0 radical (unpaired) electrons. The number of aromatic nitrogens is 1. The summed E-state index contributed by atoms with van der Waals surface area (Å²) in [5, 5.41) is 2.18. The zero-order valence-electron chi connectivity index (χ0n) is 14.7. The molecule has 24 heavy (non-hydrogen) atoms. The van der Waals surface area contributed by atoms with Crippen LogP contribution in [0.4, 0.5) is 5.82 Å². The maximum absolute atomic E-state index is 6.10. The van der Waals surface area contributed by atoms with Crippen LogP contribution in [0.1, 0.15) is 38.1 Å². The first-order valence-electron chi connectivity index (χ1n) is 8.47. The molecule has 0 aromatic carbocycles. The summed E-state index contributed by atoms with van der Waals surface area (Å²) in [7, 11) is -0.346. The lowest BCUT2D eigenvalue weighted by atomic mass is 9.80. The van der Waals surface area contributed by atoms with E-state index in [1.165, 1.54) is 10.4 Å². The highest BCUT2D eigenvalue weighted by atomic mass is 32.1. The Kier molecular flexibility index (Phi) is 3.75. The Hall–Kier alpha value is -1.37. The van der Waals surface area contributed by atoms with Gasteiger partial charge in [0.05, 0.1) is 11.2 Å². The molecule has 4 rings (SSSR count). The molecular weight excluding hydrogens is 319 g/mol. The second kappa shape index (κ2) is 5.58.